The van der Waals surface area contributed by atoms with Gasteiger partial charge in [0.2, 0.25) is 0 Å². The normalized spacial score (nSPS) is 15.6. The Morgan fingerprint density at radius 3 is 2.62 bits per heavy atom. The van der Waals surface area contributed by atoms with Crippen molar-refractivity contribution in [2.75, 3.05) is 13.1 Å². The minimum atomic E-state index is -0.286. The highest BCUT2D eigenvalue weighted by molar-refractivity contribution is 5.93. The summed E-state index contributed by atoms with van der Waals surface area (Å²) in [5.41, 5.74) is 3.40. The smallest absolute Gasteiger partial charge is 0.276 e. The zero-order chi connectivity index (χ0) is 23.9. The van der Waals surface area contributed by atoms with Crippen molar-refractivity contribution in [1.82, 2.24) is 35.0 Å². The zero-order valence-corrected chi connectivity index (χ0v) is 19.8. The topological polar surface area (TPSA) is 116 Å². The average Bonchev–Trinajstić information content (AvgIpc) is 3.59. The van der Waals surface area contributed by atoms with Crippen LogP contribution in [0.5, 0.6) is 0 Å². The van der Waals surface area contributed by atoms with Crippen LogP contribution in [0, 0.1) is 13.8 Å². The van der Waals surface area contributed by atoms with Gasteiger partial charge in [-0.1, -0.05) is 23.3 Å². The first-order chi connectivity index (χ1) is 16.4. The van der Waals surface area contributed by atoms with Crippen LogP contribution in [0.1, 0.15) is 54.4 Å². The molecule has 5 rings (SSSR count). The molecule has 0 radical (unpaired) electrons. The van der Waals surface area contributed by atoms with E-state index in [-0.39, 0.29) is 11.3 Å². The van der Waals surface area contributed by atoms with Crippen molar-refractivity contribution in [3.05, 3.63) is 53.4 Å². The van der Waals surface area contributed by atoms with E-state index in [0.29, 0.717) is 54.8 Å². The van der Waals surface area contributed by atoms with E-state index in [1.165, 1.54) is 0 Å². The van der Waals surface area contributed by atoms with Crippen LogP contribution in [0.4, 0.5) is 0 Å². The first-order valence-corrected chi connectivity index (χ1v) is 11.5. The van der Waals surface area contributed by atoms with Gasteiger partial charge < -0.3 is 13.9 Å². The summed E-state index contributed by atoms with van der Waals surface area (Å²) in [4.78, 5) is 23.8. The molecule has 4 aromatic rings. The number of carbonyl (C=O) groups is 1. The summed E-state index contributed by atoms with van der Waals surface area (Å²) >= 11 is 0. The van der Waals surface area contributed by atoms with Crippen molar-refractivity contribution in [1.29, 1.82) is 0 Å². The number of likely N-dealkylation sites (tertiary alicyclic amines) is 1. The molecular formula is C24H27N7O3. The molecule has 10 heteroatoms. The Morgan fingerprint density at radius 1 is 1.15 bits per heavy atom. The lowest BCUT2D eigenvalue weighted by Crippen LogP contribution is -2.44. The summed E-state index contributed by atoms with van der Waals surface area (Å²) in [6, 6.07) is 7.27. The van der Waals surface area contributed by atoms with E-state index < -0.39 is 0 Å². The van der Waals surface area contributed by atoms with Crippen LogP contribution in [0.3, 0.4) is 0 Å². The van der Waals surface area contributed by atoms with Gasteiger partial charge in [0.1, 0.15) is 5.69 Å². The number of pyridine rings is 1. The zero-order valence-electron chi connectivity index (χ0n) is 19.8. The summed E-state index contributed by atoms with van der Waals surface area (Å²) in [7, 11) is 0. The number of hydrogen-bond acceptors (Lipinski definition) is 8. The van der Waals surface area contributed by atoms with E-state index in [4.69, 9.17) is 9.05 Å². The number of piperidine rings is 1. The van der Waals surface area contributed by atoms with Crippen molar-refractivity contribution in [3.8, 4) is 22.9 Å². The minimum absolute atomic E-state index is 0.141. The van der Waals surface area contributed by atoms with Gasteiger partial charge in [0.25, 0.3) is 11.8 Å². The van der Waals surface area contributed by atoms with Crippen LogP contribution < -0.4 is 0 Å². The molecule has 0 atom stereocenters. The second kappa shape index (κ2) is 8.51. The molecule has 0 spiro atoms. The molecule has 0 aliphatic carbocycles. The predicted octanol–water partition coefficient (Wildman–Crippen LogP) is 3.81. The van der Waals surface area contributed by atoms with Crippen LogP contribution in [0.15, 0.2) is 39.5 Å². The monoisotopic (exact) mass is 461 g/mol. The van der Waals surface area contributed by atoms with Gasteiger partial charge >= 0.3 is 0 Å². The molecule has 0 saturated carbocycles. The van der Waals surface area contributed by atoms with Gasteiger partial charge in [0, 0.05) is 43.0 Å². The van der Waals surface area contributed by atoms with Crippen molar-refractivity contribution in [2.24, 2.45) is 0 Å². The Kier molecular flexibility index (Phi) is 5.51. The first kappa shape index (κ1) is 22.0. The molecule has 1 amide bonds. The maximum absolute atomic E-state index is 13.1. The fourth-order valence-corrected chi connectivity index (χ4v) is 4.51. The lowest BCUT2D eigenvalue weighted by molar-refractivity contribution is 0.0659. The van der Waals surface area contributed by atoms with Gasteiger partial charge in [-0.3, -0.25) is 14.5 Å². The number of aryl methyl sites for hydroxylation is 2. The Labute approximate surface area is 197 Å². The SMILES string of the molecule is CCn1nc(C)c(-c2cc(C(=O)N3CCC(C)(c4noc(-c5ccccn5)n4)CC3)no2)c1C. The van der Waals surface area contributed by atoms with E-state index in [9.17, 15) is 4.79 Å². The van der Waals surface area contributed by atoms with Gasteiger partial charge in [0.05, 0.1) is 11.3 Å². The number of hydrogen-bond donors (Lipinski definition) is 0. The molecule has 10 nitrogen and oxygen atoms in total. The van der Waals surface area contributed by atoms with Gasteiger partial charge in [-0.15, -0.1) is 0 Å². The highest BCUT2D eigenvalue weighted by Crippen LogP contribution is 2.35. The predicted molar refractivity (Wildman–Crippen MR) is 123 cm³/mol. The van der Waals surface area contributed by atoms with Crippen molar-refractivity contribution in [3.63, 3.8) is 0 Å². The molecule has 176 valence electrons. The quantitative estimate of drug-likeness (QED) is 0.440. The highest BCUT2D eigenvalue weighted by atomic mass is 16.5. The number of rotatable bonds is 5. The van der Waals surface area contributed by atoms with E-state index >= 15 is 0 Å². The van der Waals surface area contributed by atoms with Gasteiger partial charge in [0.15, 0.2) is 17.3 Å². The molecule has 1 fully saturated rings. The van der Waals surface area contributed by atoms with Crippen LogP contribution >= 0.6 is 0 Å². The largest absolute Gasteiger partial charge is 0.355 e. The molecular weight excluding hydrogens is 434 g/mol. The average molecular weight is 462 g/mol. The maximum atomic E-state index is 13.1. The van der Waals surface area contributed by atoms with E-state index in [1.54, 1.807) is 17.2 Å². The molecule has 1 aliphatic heterocycles. The molecule has 34 heavy (non-hydrogen) atoms. The number of carbonyl (C=O) groups excluding carboxylic acids is 1. The van der Waals surface area contributed by atoms with E-state index in [1.807, 2.05) is 43.7 Å². The molecule has 4 aromatic heterocycles. The van der Waals surface area contributed by atoms with Crippen LogP contribution in [0.2, 0.25) is 0 Å². The third-order valence-electron chi connectivity index (χ3n) is 6.66. The van der Waals surface area contributed by atoms with Gasteiger partial charge in [-0.25, -0.2) is 0 Å². The lowest BCUT2D eigenvalue weighted by Gasteiger charge is -2.36. The van der Waals surface area contributed by atoms with Gasteiger partial charge in [-0.05, 0) is 45.7 Å². The molecule has 0 N–H and O–H groups in total. The molecule has 0 bridgehead atoms. The first-order valence-electron chi connectivity index (χ1n) is 11.5. The fourth-order valence-electron chi connectivity index (χ4n) is 4.51. The van der Waals surface area contributed by atoms with Crippen LogP contribution in [-0.4, -0.2) is 54.0 Å². The number of nitrogens with zero attached hydrogens (tertiary/aromatic N) is 7. The summed E-state index contributed by atoms with van der Waals surface area (Å²) in [6.07, 6.45) is 3.12. The van der Waals surface area contributed by atoms with E-state index in [0.717, 1.165) is 23.5 Å². The molecule has 5 heterocycles. The molecule has 1 aliphatic rings. The minimum Gasteiger partial charge on any atom is -0.355 e. The van der Waals surface area contributed by atoms with Crippen molar-refractivity contribution in [2.45, 2.75) is 52.5 Å². The standard InChI is InChI=1S/C24H27N7O3/c1-5-31-16(3)20(15(2)27-31)19-14-18(28-33-19)22(32)30-12-9-24(4,10-13-30)23-26-21(34-29-23)17-8-6-7-11-25-17/h6-8,11,14H,5,9-10,12-13H2,1-4H3. The third-order valence-corrected chi connectivity index (χ3v) is 6.66. The summed E-state index contributed by atoms with van der Waals surface area (Å²) < 4.78 is 12.9. The fraction of sp³-hybridized carbons (Fsp3) is 0.417. The molecule has 1 saturated heterocycles. The second-order valence-electron chi connectivity index (χ2n) is 8.93. The van der Waals surface area contributed by atoms with Crippen LogP contribution in [-0.2, 0) is 12.0 Å². The Morgan fingerprint density at radius 2 is 1.94 bits per heavy atom. The highest BCUT2D eigenvalue weighted by Gasteiger charge is 2.38. The lowest BCUT2D eigenvalue weighted by atomic mass is 9.79. The molecule has 0 aromatic carbocycles. The summed E-state index contributed by atoms with van der Waals surface area (Å²) in [5, 5.41) is 12.8. The van der Waals surface area contributed by atoms with Crippen molar-refractivity contribution >= 4 is 5.91 Å². The summed E-state index contributed by atoms with van der Waals surface area (Å²) in [5.74, 6) is 1.47. The third kappa shape index (κ3) is 3.78. The van der Waals surface area contributed by atoms with Crippen LogP contribution in [0.25, 0.3) is 22.9 Å². The Balaban J connectivity index is 1.28. The Bertz CT molecular complexity index is 1310. The number of aromatic nitrogens is 6. The van der Waals surface area contributed by atoms with Gasteiger partial charge in [-0.2, -0.15) is 10.1 Å². The molecule has 0 unspecified atom stereocenters. The second-order valence-corrected chi connectivity index (χ2v) is 8.93. The Hall–Kier alpha value is -3.82. The van der Waals surface area contributed by atoms with E-state index in [2.05, 4.69) is 32.3 Å². The number of amides is 1. The summed E-state index contributed by atoms with van der Waals surface area (Å²) in [6.45, 7) is 9.97. The van der Waals surface area contributed by atoms with Crippen molar-refractivity contribution < 1.29 is 13.8 Å². The maximum Gasteiger partial charge on any atom is 0.276 e.